The van der Waals surface area contributed by atoms with E-state index in [1.807, 2.05) is 11.3 Å². The zero-order valence-electron chi connectivity index (χ0n) is 13.3. The fourth-order valence-electron chi connectivity index (χ4n) is 3.30. The van der Waals surface area contributed by atoms with Gasteiger partial charge in [0.25, 0.3) is 0 Å². The van der Waals surface area contributed by atoms with E-state index in [0.717, 1.165) is 19.3 Å². The fraction of sp³-hybridized carbons (Fsp3) is 0.421. The average molecular weight is 329 g/mol. The van der Waals surface area contributed by atoms with E-state index in [1.165, 1.54) is 21.6 Å². The van der Waals surface area contributed by atoms with Crippen molar-refractivity contribution in [2.24, 2.45) is 0 Å². The standard InChI is InChI=1S/C19H23NO2S/c21-11-4-3-7-19(22)20-13-17-15-6-2-1-5-14(15)8-9-18-16(17)10-12-23-18/h1-2,5-6,10,12,17,21H,3-4,7-9,11,13H2,(H,20,22). The molecule has 1 atom stereocenters. The summed E-state index contributed by atoms with van der Waals surface area (Å²) >= 11 is 1.82. The van der Waals surface area contributed by atoms with Gasteiger partial charge in [0.15, 0.2) is 0 Å². The Kier molecular flexibility index (Phi) is 5.47. The smallest absolute Gasteiger partial charge is 0.220 e. The maximum absolute atomic E-state index is 12.0. The van der Waals surface area contributed by atoms with Gasteiger partial charge in [-0.1, -0.05) is 24.3 Å². The second-order valence-corrected chi connectivity index (χ2v) is 7.04. The van der Waals surface area contributed by atoms with Gasteiger partial charge < -0.3 is 10.4 Å². The Hall–Kier alpha value is -1.65. The Balaban J connectivity index is 1.75. The molecule has 0 aliphatic heterocycles. The summed E-state index contributed by atoms with van der Waals surface area (Å²) in [4.78, 5) is 13.5. The number of aliphatic hydroxyl groups is 1. The molecule has 1 heterocycles. The summed E-state index contributed by atoms with van der Waals surface area (Å²) in [7, 11) is 0. The average Bonchev–Trinajstić information content (AvgIpc) is 2.97. The van der Waals surface area contributed by atoms with Crippen molar-refractivity contribution in [1.82, 2.24) is 5.32 Å². The Labute approximate surface area is 141 Å². The van der Waals surface area contributed by atoms with Crippen LogP contribution in [0.5, 0.6) is 0 Å². The van der Waals surface area contributed by atoms with Crippen LogP contribution in [0.25, 0.3) is 0 Å². The number of aliphatic hydroxyl groups excluding tert-OH is 1. The van der Waals surface area contributed by atoms with E-state index in [1.54, 1.807) is 0 Å². The number of thiophene rings is 1. The molecule has 0 radical (unpaired) electrons. The third-order valence-corrected chi connectivity index (χ3v) is 5.52. The lowest BCUT2D eigenvalue weighted by atomic mass is 9.90. The van der Waals surface area contributed by atoms with E-state index in [-0.39, 0.29) is 18.4 Å². The Morgan fingerprint density at radius 2 is 2.04 bits per heavy atom. The van der Waals surface area contributed by atoms with Gasteiger partial charge in [-0.3, -0.25) is 4.79 Å². The van der Waals surface area contributed by atoms with Crippen LogP contribution in [0.2, 0.25) is 0 Å². The van der Waals surface area contributed by atoms with Crippen LogP contribution < -0.4 is 5.32 Å². The number of nitrogens with one attached hydrogen (secondary N) is 1. The van der Waals surface area contributed by atoms with Crippen LogP contribution >= 0.6 is 11.3 Å². The molecule has 0 saturated heterocycles. The van der Waals surface area contributed by atoms with Gasteiger partial charge in [0.1, 0.15) is 0 Å². The minimum Gasteiger partial charge on any atom is -0.396 e. The molecule has 0 saturated carbocycles. The van der Waals surface area contributed by atoms with Crippen molar-refractivity contribution in [3.8, 4) is 0 Å². The molecule has 1 unspecified atom stereocenters. The number of unbranched alkanes of at least 4 members (excludes halogenated alkanes) is 1. The molecule has 0 spiro atoms. The zero-order valence-corrected chi connectivity index (χ0v) is 14.1. The van der Waals surface area contributed by atoms with Crippen molar-refractivity contribution >= 4 is 17.2 Å². The largest absolute Gasteiger partial charge is 0.396 e. The van der Waals surface area contributed by atoms with Crippen LogP contribution in [0.1, 0.15) is 46.7 Å². The maximum atomic E-state index is 12.0. The van der Waals surface area contributed by atoms with Gasteiger partial charge in [-0.05, 0) is 53.8 Å². The van der Waals surface area contributed by atoms with Gasteiger partial charge in [-0.25, -0.2) is 0 Å². The summed E-state index contributed by atoms with van der Waals surface area (Å²) in [6.07, 6.45) is 4.09. The van der Waals surface area contributed by atoms with Crippen molar-refractivity contribution in [1.29, 1.82) is 0 Å². The van der Waals surface area contributed by atoms with Crippen molar-refractivity contribution in [3.05, 3.63) is 57.3 Å². The number of benzene rings is 1. The molecule has 1 aliphatic rings. The predicted molar refractivity (Wildman–Crippen MR) is 94.0 cm³/mol. The van der Waals surface area contributed by atoms with Crippen LogP contribution in [0.3, 0.4) is 0 Å². The van der Waals surface area contributed by atoms with Crippen molar-refractivity contribution < 1.29 is 9.90 Å². The second-order valence-electron chi connectivity index (χ2n) is 6.04. The third-order valence-electron chi connectivity index (χ3n) is 4.52. The van der Waals surface area contributed by atoms with Gasteiger partial charge in [-0.2, -0.15) is 0 Å². The highest BCUT2D eigenvalue weighted by Gasteiger charge is 2.24. The summed E-state index contributed by atoms with van der Waals surface area (Å²) in [5.41, 5.74) is 4.12. The molecule has 2 aromatic rings. The SMILES string of the molecule is O=C(CCCCO)NCC1c2ccccc2CCc2sccc21. The van der Waals surface area contributed by atoms with E-state index in [4.69, 9.17) is 5.11 Å². The highest BCUT2D eigenvalue weighted by atomic mass is 32.1. The molecule has 23 heavy (non-hydrogen) atoms. The van der Waals surface area contributed by atoms with Crippen LogP contribution in [-0.4, -0.2) is 24.2 Å². The van der Waals surface area contributed by atoms with Gasteiger partial charge in [0.05, 0.1) is 0 Å². The summed E-state index contributed by atoms with van der Waals surface area (Å²) in [6.45, 7) is 0.806. The van der Waals surface area contributed by atoms with Crippen LogP contribution in [0.4, 0.5) is 0 Å². The van der Waals surface area contributed by atoms with Gasteiger partial charge in [-0.15, -0.1) is 11.3 Å². The number of fused-ring (bicyclic) bond motifs is 2. The van der Waals surface area contributed by atoms with Crippen LogP contribution in [-0.2, 0) is 17.6 Å². The summed E-state index contributed by atoms with van der Waals surface area (Å²) in [6, 6.07) is 10.8. The lowest BCUT2D eigenvalue weighted by molar-refractivity contribution is -0.121. The third kappa shape index (κ3) is 3.82. The lowest BCUT2D eigenvalue weighted by Crippen LogP contribution is -2.29. The first-order valence-electron chi connectivity index (χ1n) is 8.31. The highest BCUT2D eigenvalue weighted by molar-refractivity contribution is 7.10. The van der Waals surface area contributed by atoms with E-state index < -0.39 is 0 Å². The van der Waals surface area contributed by atoms with Crippen molar-refractivity contribution in [3.63, 3.8) is 0 Å². The molecule has 3 nitrogen and oxygen atoms in total. The Morgan fingerprint density at radius 1 is 1.17 bits per heavy atom. The Bertz CT molecular complexity index is 665. The minimum atomic E-state index is 0.0805. The van der Waals surface area contributed by atoms with Crippen LogP contribution in [0.15, 0.2) is 35.7 Å². The molecule has 1 aliphatic carbocycles. The minimum absolute atomic E-state index is 0.0805. The zero-order chi connectivity index (χ0) is 16.1. The van der Waals surface area contributed by atoms with E-state index >= 15 is 0 Å². The Morgan fingerprint density at radius 3 is 2.91 bits per heavy atom. The molecule has 2 N–H and O–H groups in total. The van der Waals surface area contributed by atoms with Crippen molar-refractivity contribution in [2.45, 2.75) is 38.0 Å². The highest BCUT2D eigenvalue weighted by Crippen LogP contribution is 2.36. The van der Waals surface area contributed by atoms with Crippen LogP contribution in [0, 0.1) is 0 Å². The first kappa shape index (κ1) is 16.2. The number of aryl methyl sites for hydroxylation is 2. The molecule has 1 aromatic heterocycles. The normalized spacial score (nSPS) is 16.3. The van der Waals surface area contributed by atoms with E-state index in [0.29, 0.717) is 19.4 Å². The summed E-state index contributed by atoms with van der Waals surface area (Å²) < 4.78 is 0. The molecule has 4 heteroatoms. The molecule has 3 rings (SSSR count). The predicted octanol–water partition coefficient (Wildman–Crippen LogP) is 3.26. The number of hydrogen-bond donors (Lipinski definition) is 2. The van der Waals surface area contributed by atoms with Gasteiger partial charge in [0, 0.05) is 30.4 Å². The quantitative estimate of drug-likeness (QED) is 0.799. The monoisotopic (exact) mass is 329 g/mol. The molecule has 122 valence electrons. The first-order valence-corrected chi connectivity index (χ1v) is 9.19. The first-order chi connectivity index (χ1) is 11.3. The molecular weight excluding hydrogens is 306 g/mol. The number of amides is 1. The van der Waals surface area contributed by atoms with Gasteiger partial charge in [0.2, 0.25) is 5.91 Å². The van der Waals surface area contributed by atoms with Gasteiger partial charge >= 0.3 is 0 Å². The molecule has 0 fully saturated rings. The second kappa shape index (κ2) is 7.75. The molecule has 0 bridgehead atoms. The van der Waals surface area contributed by atoms with E-state index in [2.05, 4.69) is 41.0 Å². The molecule has 1 aromatic carbocycles. The molecule has 1 amide bonds. The van der Waals surface area contributed by atoms with E-state index in [9.17, 15) is 4.79 Å². The topological polar surface area (TPSA) is 49.3 Å². The number of rotatable bonds is 6. The number of carbonyl (C=O) groups is 1. The number of carbonyl (C=O) groups excluding carboxylic acids is 1. The molecular formula is C19H23NO2S. The summed E-state index contributed by atoms with van der Waals surface area (Å²) in [5, 5.41) is 14.1. The maximum Gasteiger partial charge on any atom is 0.220 e. The van der Waals surface area contributed by atoms with Crippen molar-refractivity contribution in [2.75, 3.05) is 13.2 Å². The summed E-state index contributed by atoms with van der Waals surface area (Å²) in [5.74, 6) is 0.327. The number of hydrogen-bond acceptors (Lipinski definition) is 3. The lowest BCUT2D eigenvalue weighted by Gasteiger charge is -2.19. The fourth-order valence-corrected chi connectivity index (χ4v) is 4.25.